The molecule has 0 saturated carbocycles. The number of carbonyl (C=O) groups excluding carboxylic acids is 1. The predicted octanol–water partition coefficient (Wildman–Crippen LogP) is 2.79. The monoisotopic (exact) mass is 291 g/mol. The highest BCUT2D eigenvalue weighted by Crippen LogP contribution is 2.12. The lowest BCUT2D eigenvalue weighted by Crippen LogP contribution is -2.44. The first-order valence-electron chi connectivity index (χ1n) is 7.38. The highest BCUT2D eigenvalue weighted by Gasteiger charge is 2.23. The lowest BCUT2D eigenvalue weighted by molar-refractivity contribution is -0.142. The Bertz CT molecular complexity index is 479. The van der Waals surface area contributed by atoms with Gasteiger partial charge in [0.15, 0.2) is 0 Å². The fourth-order valence-electron chi connectivity index (χ4n) is 2.29. The molecule has 1 rings (SSSR count). The van der Waals surface area contributed by atoms with Crippen LogP contribution in [-0.2, 0) is 16.0 Å². The van der Waals surface area contributed by atoms with E-state index in [9.17, 15) is 14.7 Å². The van der Waals surface area contributed by atoms with Crippen molar-refractivity contribution >= 4 is 11.9 Å². The summed E-state index contributed by atoms with van der Waals surface area (Å²) in [5.74, 6) is -0.958. The largest absolute Gasteiger partial charge is 0.480 e. The van der Waals surface area contributed by atoms with Crippen LogP contribution in [0, 0.1) is 18.8 Å². The Kier molecular flexibility index (Phi) is 6.40. The summed E-state index contributed by atoms with van der Waals surface area (Å²) in [6.07, 6.45) is 1.05. The number of hydrogen-bond donors (Lipinski definition) is 2. The van der Waals surface area contributed by atoms with Crippen molar-refractivity contribution in [3.8, 4) is 0 Å². The number of nitrogens with one attached hydrogen (secondary N) is 1. The molecule has 0 heterocycles. The Hall–Kier alpha value is -1.84. The molecule has 1 aromatic carbocycles. The van der Waals surface area contributed by atoms with Gasteiger partial charge in [0.1, 0.15) is 6.04 Å². The van der Waals surface area contributed by atoms with E-state index >= 15 is 0 Å². The second kappa shape index (κ2) is 7.81. The van der Waals surface area contributed by atoms with E-state index < -0.39 is 12.0 Å². The SMILES string of the molecule is Cc1ccc(C[C@H](NC(=O)[C@@H](C)CC(C)C)C(=O)O)cc1. The molecular formula is C17H25NO3. The zero-order chi connectivity index (χ0) is 16.0. The highest BCUT2D eigenvalue weighted by molar-refractivity contribution is 5.84. The molecule has 2 N–H and O–H groups in total. The first-order chi connectivity index (χ1) is 9.79. The smallest absolute Gasteiger partial charge is 0.326 e. The summed E-state index contributed by atoms with van der Waals surface area (Å²) in [4.78, 5) is 23.4. The Morgan fingerprint density at radius 2 is 1.71 bits per heavy atom. The van der Waals surface area contributed by atoms with Crippen LogP contribution in [0.25, 0.3) is 0 Å². The normalized spacial score (nSPS) is 13.8. The number of carboxylic acid groups (broad SMARTS) is 1. The Morgan fingerprint density at radius 1 is 1.14 bits per heavy atom. The summed E-state index contributed by atoms with van der Waals surface area (Å²) in [6.45, 7) is 7.91. The van der Waals surface area contributed by atoms with E-state index in [0.717, 1.165) is 17.5 Å². The minimum Gasteiger partial charge on any atom is -0.480 e. The standard InChI is InChI=1S/C17H25NO3/c1-11(2)9-13(4)16(19)18-15(17(20)21)10-14-7-5-12(3)6-8-14/h5-8,11,13,15H,9-10H2,1-4H3,(H,18,19)(H,20,21)/t13-,15-/m0/s1. The van der Waals surface area contributed by atoms with E-state index in [4.69, 9.17) is 0 Å². The minimum absolute atomic E-state index is 0.176. The molecule has 1 aromatic rings. The first-order valence-corrected chi connectivity index (χ1v) is 7.38. The molecule has 0 bridgehead atoms. The van der Waals surface area contributed by atoms with Gasteiger partial charge in [-0.1, -0.05) is 50.6 Å². The number of carbonyl (C=O) groups is 2. The maximum Gasteiger partial charge on any atom is 0.326 e. The fourth-order valence-corrected chi connectivity index (χ4v) is 2.29. The van der Waals surface area contributed by atoms with Crippen LogP contribution in [0.3, 0.4) is 0 Å². The molecule has 0 aromatic heterocycles. The molecule has 2 atom stereocenters. The van der Waals surface area contributed by atoms with E-state index in [1.54, 1.807) is 0 Å². The highest BCUT2D eigenvalue weighted by atomic mass is 16.4. The van der Waals surface area contributed by atoms with Gasteiger partial charge in [0.05, 0.1) is 0 Å². The van der Waals surface area contributed by atoms with Crippen LogP contribution in [0.4, 0.5) is 0 Å². The summed E-state index contributed by atoms with van der Waals surface area (Å²) in [7, 11) is 0. The summed E-state index contributed by atoms with van der Waals surface area (Å²) in [5, 5.41) is 11.9. The molecule has 0 fully saturated rings. The molecule has 4 nitrogen and oxygen atoms in total. The van der Waals surface area contributed by atoms with Crippen LogP contribution in [-0.4, -0.2) is 23.0 Å². The van der Waals surface area contributed by atoms with E-state index in [1.807, 2.05) is 52.0 Å². The van der Waals surface area contributed by atoms with Crippen LogP contribution >= 0.6 is 0 Å². The van der Waals surface area contributed by atoms with Crippen molar-refractivity contribution in [3.05, 3.63) is 35.4 Å². The van der Waals surface area contributed by atoms with Gasteiger partial charge in [0, 0.05) is 12.3 Å². The van der Waals surface area contributed by atoms with Gasteiger partial charge in [-0.25, -0.2) is 4.79 Å². The number of rotatable bonds is 7. The van der Waals surface area contributed by atoms with Crippen LogP contribution < -0.4 is 5.32 Å². The van der Waals surface area contributed by atoms with Gasteiger partial charge >= 0.3 is 5.97 Å². The molecule has 116 valence electrons. The molecule has 1 amide bonds. The lowest BCUT2D eigenvalue weighted by atomic mass is 9.97. The zero-order valence-corrected chi connectivity index (χ0v) is 13.2. The summed E-state index contributed by atoms with van der Waals surface area (Å²) >= 11 is 0. The summed E-state index contributed by atoms with van der Waals surface area (Å²) < 4.78 is 0. The van der Waals surface area contributed by atoms with Crippen LogP contribution in [0.15, 0.2) is 24.3 Å². The van der Waals surface area contributed by atoms with Crippen molar-refractivity contribution in [1.29, 1.82) is 0 Å². The lowest BCUT2D eigenvalue weighted by Gasteiger charge is -2.19. The Balaban J connectivity index is 2.67. The van der Waals surface area contributed by atoms with Crippen molar-refractivity contribution in [2.75, 3.05) is 0 Å². The molecular weight excluding hydrogens is 266 g/mol. The van der Waals surface area contributed by atoms with Crippen molar-refractivity contribution in [3.63, 3.8) is 0 Å². The number of aryl methyl sites for hydroxylation is 1. The number of benzene rings is 1. The van der Waals surface area contributed by atoms with Gasteiger partial charge in [0.25, 0.3) is 0 Å². The van der Waals surface area contributed by atoms with Crippen LogP contribution in [0.2, 0.25) is 0 Å². The third-order valence-electron chi connectivity index (χ3n) is 3.45. The quantitative estimate of drug-likeness (QED) is 0.812. The third kappa shape index (κ3) is 5.98. The second-order valence-electron chi connectivity index (χ2n) is 6.12. The Morgan fingerprint density at radius 3 is 2.19 bits per heavy atom. The fraction of sp³-hybridized carbons (Fsp3) is 0.529. The van der Waals surface area contributed by atoms with Gasteiger partial charge in [-0.05, 0) is 24.8 Å². The molecule has 21 heavy (non-hydrogen) atoms. The topological polar surface area (TPSA) is 66.4 Å². The third-order valence-corrected chi connectivity index (χ3v) is 3.45. The summed E-state index contributed by atoms with van der Waals surface area (Å²) in [6, 6.07) is 6.80. The number of aliphatic carboxylic acids is 1. The molecule has 0 aliphatic heterocycles. The minimum atomic E-state index is -0.999. The average Bonchev–Trinajstić information content (AvgIpc) is 2.39. The first kappa shape index (κ1) is 17.2. The zero-order valence-electron chi connectivity index (χ0n) is 13.2. The predicted molar refractivity (Wildman–Crippen MR) is 83.1 cm³/mol. The molecule has 4 heteroatoms. The van der Waals surface area contributed by atoms with Gasteiger partial charge in [-0.2, -0.15) is 0 Å². The number of carboxylic acids is 1. The van der Waals surface area contributed by atoms with Gasteiger partial charge < -0.3 is 10.4 Å². The van der Waals surface area contributed by atoms with Crippen molar-refractivity contribution in [2.45, 2.75) is 46.6 Å². The maximum absolute atomic E-state index is 12.1. The Labute approximate surface area is 126 Å². The molecule has 0 saturated heterocycles. The van der Waals surface area contributed by atoms with E-state index in [-0.39, 0.29) is 11.8 Å². The van der Waals surface area contributed by atoms with Crippen LogP contribution in [0.1, 0.15) is 38.3 Å². The van der Waals surface area contributed by atoms with Crippen LogP contribution in [0.5, 0.6) is 0 Å². The maximum atomic E-state index is 12.1. The average molecular weight is 291 g/mol. The molecule has 0 aliphatic rings. The van der Waals surface area contributed by atoms with E-state index in [1.165, 1.54) is 0 Å². The molecule has 0 spiro atoms. The summed E-state index contributed by atoms with van der Waals surface area (Å²) in [5.41, 5.74) is 2.03. The second-order valence-corrected chi connectivity index (χ2v) is 6.12. The van der Waals surface area contributed by atoms with Crippen molar-refractivity contribution < 1.29 is 14.7 Å². The van der Waals surface area contributed by atoms with Gasteiger partial charge in [-0.15, -0.1) is 0 Å². The van der Waals surface area contributed by atoms with Crippen molar-refractivity contribution in [2.24, 2.45) is 11.8 Å². The molecule has 0 unspecified atom stereocenters. The number of amides is 1. The van der Waals surface area contributed by atoms with E-state index in [2.05, 4.69) is 5.32 Å². The van der Waals surface area contributed by atoms with Crippen molar-refractivity contribution in [1.82, 2.24) is 5.32 Å². The molecule has 0 radical (unpaired) electrons. The number of hydrogen-bond acceptors (Lipinski definition) is 2. The van der Waals surface area contributed by atoms with E-state index in [0.29, 0.717) is 12.3 Å². The van der Waals surface area contributed by atoms with Gasteiger partial charge in [-0.3, -0.25) is 4.79 Å². The van der Waals surface area contributed by atoms with Gasteiger partial charge in [0.2, 0.25) is 5.91 Å². The molecule has 0 aliphatic carbocycles.